The lowest BCUT2D eigenvalue weighted by Crippen LogP contribution is -3.15. The van der Waals surface area contributed by atoms with E-state index in [1.54, 1.807) is 0 Å². The zero-order chi connectivity index (χ0) is 12.5. The van der Waals surface area contributed by atoms with Crippen LogP contribution in [0.15, 0.2) is 30.3 Å². The van der Waals surface area contributed by atoms with Crippen LogP contribution < -0.4 is 4.90 Å². The first-order valence-electron chi connectivity index (χ1n) is 6.60. The Balaban J connectivity index is 2.13. The molecular formula is C15H24NO+. The predicted molar refractivity (Wildman–Crippen MR) is 70.1 cm³/mol. The van der Waals surface area contributed by atoms with E-state index in [9.17, 15) is 5.11 Å². The van der Waals surface area contributed by atoms with Gasteiger partial charge in [-0.05, 0) is 12.5 Å². The molecule has 2 rings (SSSR count). The number of piperidine rings is 1. The molecule has 0 spiro atoms. The normalized spacial score (nSPS) is 38.0. The molecule has 0 radical (unpaired) electrons. The standard InChI is InChI=1S/C15H23NO/c1-12-11-16(3)13(2)9-15(12,17)10-14-7-5-4-6-8-14/h4-8,12-13,17H,9-11H2,1-3H3/p+1/t12-,13+,15+/m1/s1. The third-order valence-electron chi connectivity index (χ3n) is 4.40. The minimum absolute atomic E-state index is 0.360. The number of benzene rings is 1. The van der Waals surface area contributed by atoms with Crippen LogP contribution in [-0.4, -0.2) is 30.3 Å². The molecule has 94 valence electrons. The Morgan fingerprint density at radius 3 is 2.59 bits per heavy atom. The number of aliphatic hydroxyl groups is 1. The second-order valence-electron chi connectivity index (χ2n) is 5.82. The number of hydrogen-bond donors (Lipinski definition) is 2. The van der Waals surface area contributed by atoms with E-state index in [1.807, 2.05) is 18.2 Å². The summed E-state index contributed by atoms with van der Waals surface area (Å²) in [6.07, 6.45) is 1.68. The molecule has 1 aromatic rings. The molecule has 1 saturated heterocycles. The Hall–Kier alpha value is -0.860. The summed E-state index contributed by atoms with van der Waals surface area (Å²) in [4.78, 5) is 1.54. The number of nitrogens with one attached hydrogen (secondary N) is 1. The lowest BCUT2D eigenvalue weighted by Gasteiger charge is -2.43. The van der Waals surface area contributed by atoms with Gasteiger partial charge in [-0.3, -0.25) is 0 Å². The molecule has 0 saturated carbocycles. The van der Waals surface area contributed by atoms with Crippen molar-refractivity contribution in [2.24, 2.45) is 5.92 Å². The van der Waals surface area contributed by atoms with E-state index in [4.69, 9.17) is 0 Å². The SMILES string of the molecule is C[C@@H]1C[NH+](C)[C@@H](C)C[C@]1(O)Cc1ccccc1. The third kappa shape index (κ3) is 2.70. The first-order valence-corrected chi connectivity index (χ1v) is 6.60. The maximum absolute atomic E-state index is 10.9. The van der Waals surface area contributed by atoms with Gasteiger partial charge in [0.25, 0.3) is 0 Å². The smallest absolute Gasteiger partial charge is 0.0872 e. The summed E-state index contributed by atoms with van der Waals surface area (Å²) < 4.78 is 0. The molecule has 1 fully saturated rings. The molecule has 4 atom stereocenters. The Morgan fingerprint density at radius 1 is 1.29 bits per heavy atom. The largest absolute Gasteiger partial charge is 0.389 e. The van der Waals surface area contributed by atoms with Crippen LogP contribution in [0.1, 0.15) is 25.8 Å². The fraction of sp³-hybridized carbons (Fsp3) is 0.600. The van der Waals surface area contributed by atoms with Crippen molar-refractivity contribution in [3.8, 4) is 0 Å². The Bertz CT molecular complexity index is 364. The maximum atomic E-state index is 10.9. The highest BCUT2D eigenvalue weighted by molar-refractivity contribution is 5.17. The van der Waals surface area contributed by atoms with Crippen LogP contribution >= 0.6 is 0 Å². The van der Waals surface area contributed by atoms with Gasteiger partial charge in [-0.1, -0.05) is 37.3 Å². The van der Waals surface area contributed by atoms with Crippen LogP contribution in [0.5, 0.6) is 0 Å². The molecule has 1 unspecified atom stereocenters. The molecule has 1 aliphatic heterocycles. The molecule has 2 nitrogen and oxygen atoms in total. The second-order valence-corrected chi connectivity index (χ2v) is 5.82. The van der Waals surface area contributed by atoms with E-state index in [0.717, 1.165) is 19.4 Å². The van der Waals surface area contributed by atoms with Crippen LogP contribution in [-0.2, 0) is 6.42 Å². The van der Waals surface area contributed by atoms with Crippen LogP contribution in [0.4, 0.5) is 0 Å². The van der Waals surface area contributed by atoms with E-state index in [0.29, 0.717) is 12.0 Å². The third-order valence-corrected chi connectivity index (χ3v) is 4.40. The maximum Gasteiger partial charge on any atom is 0.0872 e. The van der Waals surface area contributed by atoms with Crippen LogP contribution in [0.25, 0.3) is 0 Å². The first-order chi connectivity index (χ1) is 8.01. The van der Waals surface area contributed by atoms with Gasteiger partial charge < -0.3 is 10.0 Å². The van der Waals surface area contributed by atoms with Crippen molar-refractivity contribution in [2.75, 3.05) is 13.6 Å². The number of rotatable bonds is 2. The summed E-state index contributed by atoms with van der Waals surface area (Å²) in [5.41, 5.74) is 0.717. The molecule has 0 bridgehead atoms. The van der Waals surface area contributed by atoms with Crippen molar-refractivity contribution in [3.63, 3.8) is 0 Å². The lowest BCUT2D eigenvalue weighted by molar-refractivity contribution is -0.916. The van der Waals surface area contributed by atoms with Gasteiger partial charge in [-0.15, -0.1) is 0 Å². The summed E-state index contributed by atoms with van der Waals surface area (Å²) in [5.74, 6) is 0.360. The van der Waals surface area contributed by atoms with Crippen molar-refractivity contribution >= 4 is 0 Å². The molecular weight excluding hydrogens is 210 g/mol. The average molecular weight is 234 g/mol. The molecule has 2 heteroatoms. The van der Waals surface area contributed by atoms with E-state index < -0.39 is 5.60 Å². The molecule has 0 aromatic heterocycles. The lowest BCUT2D eigenvalue weighted by atomic mass is 9.75. The summed E-state index contributed by atoms with van der Waals surface area (Å²) in [5, 5.41) is 10.9. The van der Waals surface area contributed by atoms with Gasteiger partial charge in [-0.25, -0.2) is 0 Å². The summed E-state index contributed by atoms with van der Waals surface area (Å²) >= 11 is 0. The minimum atomic E-state index is -0.528. The Kier molecular flexibility index (Phi) is 3.55. The topological polar surface area (TPSA) is 24.7 Å². The predicted octanol–water partition coefficient (Wildman–Crippen LogP) is 0.903. The van der Waals surface area contributed by atoms with Crippen LogP contribution in [0.2, 0.25) is 0 Å². The minimum Gasteiger partial charge on any atom is -0.389 e. The highest BCUT2D eigenvalue weighted by atomic mass is 16.3. The van der Waals surface area contributed by atoms with Crippen molar-refractivity contribution in [1.29, 1.82) is 0 Å². The van der Waals surface area contributed by atoms with Gasteiger partial charge in [-0.2, -0.15) is 0 Å². The second kappa shape index (κ2) is 4.79. The molecule has 0 aliphatic carbocycles. The van der Waals surface area contributed by atoms with Gasteiger partial charge >= 0.3 is 0 Å². The quantitative estimate of drug-likeness (QED) is 0.781. The fourth-order valence-electron chi connectivity index (χ4n) is 2.98. The summed E-state index contributed by atoms with van der Waals surface area (Å²) in [7, 11) is 2.23. The molecule has 17 heavy (non-hydrogen) atoms. The van der Waals surface area contributed by atoms with Crippen LogP contribution in [0, 0.1) is 5.92 Å². The average Bonchev–Trinajstić information content (AvgIpc) is 2.28. The first kappa shape index (κ1) is 12.6. The van der Waals surface area contributed by atoms with E-state index in [2.05, 4.69) is 33.0 Å². The number of likely N-dealkylation sites (tertiary alicyclic amines) is 1. The zero-order valence-electron chi connectivity index (χ0n) is 11.1. The van der Waals surface area contributed by atoms with Crippen molar-refractivity contribution < 1.29 is 10.0 Å². The van der Waals surface area contributed by atoms with Crippen LogP contribution in [0.3, 0.4) is 0 Å². The highest BCUT2D eigenvalue weighted by Gasteiger charge is 2.43. The van der Waals surface area contributed by atoms with Crippen molar-refractivity contribution in [3.05, 3.63) is 35.9 Å². The van der Waals surface area contributed by atoms with E-state index >= 15 is 0 Å². The molecule has 0 amide bonds. The number of hydrogen-bond acceptors (Lipinski definition) is 1. The number of quaternary nitrogens is 1. The Labute approximate surface area is 104 Å². The van der Waals surface area contributed by atoms with Gasteiger partial charge in [0.2, 0.25) is 0 Å². The van der Waals surface area contributed by atoms with E-state index in [1.165, 1.54) is 10.5 Å². The molecule has 2 N–H and O–H groups in total. The van der Waals surface area contributed by atoms with Gasteiger partial charge in [0.15, 0.2) is 0 Å². The molecule has 1 heterocycles. The van der Waals surface area contributed by atoms with E-state index in [-0.39, 0.29) is 0 Å². The summed E-state index contributed by atoms with van der Waals surface area (Å²) in [6.45, 7) is 5.47. The fourth-order valence-corrected chi connectivity index (χ4v) is 2.98. The molecule has 1 aromatic carbocycles. The monoisotopic (exact) mass is 234 g/mol. The van der Waals surface area contributed by atoms with Crippen molar-refractivity contribution in [2.45, 2.75) is 38.3 Å². The highest BCUT2D eigenvalue weighted by Crippen LogP contribution is 2.28. The van der Waals surface area contributed by atoms with Crippen molar-refractivity contribution in [1.82, 2.24) is 0 Å². The summed E-state index contributed by atoms with van der Waals surface area (Å²) in [6, 6.07) is 10.9. The zero-order valence-corrected chi connectivity index (χ0v) is 11.1. The molecule has 1 aliphatic rings. The van der Waals surface area contributed by atoms with Gasteiger partial charge in [0.05, 0.1) is 25.2 Å². The Morgan fingerprint density at radius 2 is 1.94 bits per heavy atom. The van der Waals surface area contributed by atoms with Gasteiger partial charge in [0.1, 0.15) is 0 Å². The van der Waals surface area contributed by atoms with Gasteiger partial charge in [0, 0.05) is 18.8 Å².